The molecule has 5 rings (SSSR count). The number of ketones is 1. The molecular weight excluding hydrogens is 572 g/mol. The van der Waals surface area contributed by atoms with Crippen LogP contribution in [0.1, 0.15) is 22.8 Å². The molecule has 0 saturated carbocycles. The first-order valence-electron chi connectivity index (χ1n) is 13.8. The van der Waals surface area contributed by atoms with Gasteiger partial charge in [0.2, 0.25) is 6.29 Å². The largest absolute Gasteiger partial charge is 0.507 e. The van der Waals surface area contributed by atoms with E-state index >= 15 is 0 Å². The molecule has 2 fully saturated rings. The minimum absolute atomic E-state index is 0.0171. The number of aromatic hydroxyl groups is 1. The van der Waals surface area contributed by atoms with E-state index in [0.717, 1.165) is 11.6 Å². The van der Waals surface area contributed by atoms with Crippen molar-refractivity contribution in [3.63, 3.8) is 0 Å². The van der Waals surface area contributed by atoms with Crippen LogP contribution < -0.4 is 14.2 Å². The topological polar surface area (TPSA) is 214 Å². The van der Waals surface area contributed by atoms with Crippen LogP contribution in [0.4, 0.5) is 0 Å². The number of hydrogen-bond acceptors (Lipinski definition) is 14. The van der Waals surface area contributed by atoms with Gasteiger partial charge in [0.05, 0.1) is 32.3 Å². The number of phenols is 1. The van der Waals surface area contributed by atoms with Gasteiger partial charge in [-0.2, -0.15) is 0 Å². The van der Waals surface area contributed by atoms with Crippen LogP contribution in [0.25, 0.3) is 0 Å². The van der Waals surface area contributed by atoms with Gasteiger partial charge in [-0.3, -0.25) is 4.79 Å². The number of methoxy groups -OCH3 is 1. The Bertz CT molecular complexity index is 1270. The van der Waals surface area contributed by atoms with Gasteiger partial charge in [-0.15, -0.1) is 0 Å². The second kappa shape index (κ2) is 12.9. The molecule has 0 amide bonds. The molecule has 3 heterocycles. The van der Waals surface area contributed by atoms with E-state index in [1.165, 1.54) is 13.0 Å². The summed E-state index contributed by atoms with van der Waals surface area (Å²) in [4.78, 5) is 13.2. The Morgan fingerprint density at radius 1 is 0.837 bits per heavy atom. The van der Waals surface area contributed by atoms with Gasteiger partial charge in [-0.05, 0) is 31.0 Å². The summed E-state index contributed by atoms with van der Waals surface area (Å²) in [6.07, 6.45) is -14.3. The highest BCUT2D eigenvalue weighted by Crippen LogP contribution is 2.40. The predicted molar refractivity (Wildman–Crippen MR) is 144 cm³/mol. The van der Waals surface area contributed by atoms with Crippen molar-refractivity contribution < 1.29 is 69.0 Å². The highest BCUT2D eigenvalue weighted by molar-refractivity contribution is 6.04. The van der Waals surface area contributed by atoms with E-state index in [1.807, 2.05) is 12.1 Å². The molecule has 11 atom stereocenters. The van der Waals surface area contributed by atoms with Crippen molar-refractivity contribution >= 4 is 5.78 Å². The van der Waals surface area contributed by atoms with Gasteiger partial charge in [0, 0.05) is 12.1 Å². The van der Waals surface area contributed by atoms with Crippen LogP contribution >= 0.6 is 0 Å². The molecule has 2 saturated heterocycles. The van der Waals surface area contributed by atoms with E-state index in [4.69, 9.17) is 28.4 Å². The molecule has 14 nitrogen and oxygen atoms in total. The van der Waals surface area contributed by atoms with Gasteiger partial charge in [0.15, 0.2) is 12.1 Å². The molecule has 0 unspecified atom stereocenters. The number of Topliss-reactive ketones (excluding diaryl/α,β-unsaturated/α-hetero) is 1. The van der Waals surface area contributed by atoms with Crippen molar-refractivity contribution in [3.05, 3.63) is 47.5 Å². The number of aliphatic hydroxyl groups excluding tert-OH is 6. The number of fused-ring (bicyclic) bond motifs is 1. The third-order valence-corrected chi connectivity index (χ3v) is 7.91. The van der Waals surface area contributed by atoms with Gasteiger partial charge in [-0.25, -0.2) is 0 Å². The lowest BCUT2D eigenvalue weighted by Gasteiger charge is -2.42. The molecule has 0 radical (unpaired) electrons. The number of carbonyl (C=O) groups is 1. The fourth-order valence-electron chi connectivity index (χ4n) is 5.30. The molecule has 0 spiro atoms. The normalized spacial score (nSPS) is 36.0. The van der Waals surface area contributed by atoms with Crippen LogP contribution in [0.2, 0.25) is 0 Å². The highest BCUT2D eigenvalue weighted by atomic mass is 16.7. The quantitative estimate of drug-likeness (QED) is 0.189. The molecule has 7 N–H and O–H groups in total. The summed E-state index contributed by atoms with van der Waals surface area (Å²) in [7, 11) is 1.56. The smallest absolute Gasteiger partial charge is 0.229 e. The van der Waals surface area contributed by atoms with Crippen LogP contribution in [0.15, 0.2) is 36.4 Å². The maximum absolute atomic E-state index is 13.2. The summed E-state index contributed by atoms with van der Waals surface area (Å²) in [6.45, 7) is 1.05. The standard InChI is InChI=1S/C29H36O14/c1-12-21(31)24(34)26(36)28(41-12)40-11-19-23(33)25(35)27(37)29(43-19)42-16-8-17(30)20-18(9-16)39-10-14(22(20)32)7-13-3-5-15(38-2)6-4-13/h3-6,8-9,12,14,19,21,23-31,33-37H,7,10-11H2,1-2H3/t12-,14-,19+,21-,23+,24+,25-,26+,27+,28+,29+/m0/s1. The molecule has 3 aliphatic rings. The number of rotatable bonds is 8. The van der Waals surface area contributed by atoms with Crippen LogP contribution in [-0.2, 0) is 20.6 Å². The summed E-state index contributed by atoms with van der Waals surface area (Å²) >= 11 is 0. The zero-order chi connectivity index (χ0) is 31.0. The summed E-state index contributed by atoms with van der Waals surface area (Å²) in [5.41, 5.74) is 0.873. The lowest BCUT2D eigenvalue weighted by molar-refractivity contribution is -0.318. The maximum atomic E-state index is 13.2. The van der Waals surface area contributed by atoms with Crippen LogP contribution in [0.5, 0.6) is 23.0 Å². The van der Waals surface area contributed by atoms with Gasteiger partial charge < -0.3 is 64.2 Å². The van der Waals surface area contributed by atoms with E-state index in [0.29, 0.717) is 12.2 Å². The summed E-state index contributed by atoms with van der Waals surface area (Å²) in [6, 6.07) is 9.75. The monoisotopic (exact) mass is 608 g/mol. The highest BCUT2D eigenvalue weighted by Gasteiger charge is 2.47. The van der Waals surface area contributed by atoms with Crippen LogP contribution in [0, 0.1) is 5.92 Å². The van der Waals surface area contributed by atoms with Crippen molar-refractivity contribution in [2.24, 2.45) is 5.92 Å². The van der Waals surface area contributed by atoms with Crippen molar-refractivity contribution in [2.75, 3.05) is 20.3 Å². The Labute approximate surface area is 246 Å². The van der Waals surface area contributed by atoms with E-state index in [9.17, 15) is 40.5 Å². The fraction of sp³-hybridized carbons (Fsp3) is 0.552. The lowest BCUT2D eigenvalue weighted by atomic mass is 9.89. The van der Waals surface area contributed by atoms with Gasteiger partial charge in [0.25, 0.3) is 0 Å². The summed E-state index contributed by atoms with van der Waals surface area (Å²) < 4.78 is 33.1. The van der Waals surface area contributed by atoms with Crippen LogP contribution in [-0.4, -0.2) is 123 Å². The Hall–Kier alpha value is -3.05. The Balaban J connectivity index is 1.25. The SMILES string of the molecule is COc1ccc(C[C@H]2COc3cc(O[C@@H]4O[C@H](CO[C@@H]5O[C@@H](C)[C@H](O)[C@@H](O)[C@H]5O)[C@@H](O)[C@H](O)[C@H]4O)cc(O)c3C2=O)cc1. The first-order chi connectivity index (χ1) is 20.5. The molecule has 3 aliphatic heterocycles. The third-order valence-electron chi connectivity index (χ3n) is 7.91. The Morgan fingerprint density at radius 3 is 2.21 bits per heavy atom. The average molecular weight is 609 g/mol. The van der Waals surface area contributed by atoms with E-state index in [-0.39, 0.29) is 29.5 Å². The molecule has 2 aromatic rings. The van der Waals surface area contributed by atoms with Gasteiger partial charge in [-0.1, -0.05) is 12.1 Å². The summed E-state index contributed by atoms with van der Waals surface area (Å²) in [5.74, 6) is -0.577. The van der Waals surface area contributed by atoms with E-state index in [1.54, 1.807) is 19.2 Å². The van der Waals surface area contributed by atoms with Crippen LogP contribution in [0.3, 0.4) is 0 Å². The van der Waals surface area contributed by atoms with Gasteiger partial charge in [0.1, 0.15) is 71.3 Å². The predicted octanol–water partition coefficient (Wildman–Crippen LogP) is -1.13. The third kappa shape index (κ3) is 6.43. The Morgan fingerprint density at radius 2 is 1.51 bits per heavy atom. The van der Waals surface area contributed by atoms with Crippen molar-refractivity contribution in [1.29, 1.82) is 0 Å². The first kappa shape index (κ1) is 31.4. The molecule has 0 aliphatic carbocycles. The summed E-state index contributed by atoms with van der Waals surface area (Å²) in [5, 5.41) is 72.2. The number of ether oxygens (including phenoxy) is 6. The molecule has 236 valence electrons. The van der Waals surface area contributed by atoms with Crippen molar-refractivity contribution in [3.8, 4) is 23.0 Å². The first-order valence-corrected chi connectivity index (χ1v) is 13.8. The molecule has 43 heavy (non-hydrogen) atoms. The minimum atomic E-state index is -1.74. The minimum Gasteiger partial charge on any atom is -0.507 e. The number of carbonyl (C=O) groups excluding carboxylic acids is 1. The second-order valence-corrected chi connectivity index (χ2v) is 10.9. The van der Waals surface area contributed by atoms with E-state index < -0.39 is 79.7 Å². The number of hydrogen-bond donors (Lipinski definition) is 7. The number of aliphatic hydroxyl groups is 6. The van der Waals surface area contributed by atoms with Gasteiger partial charge >= 0.3 is 0 Å². The zero-order valence-corrected chi connectivity index (χ0v) is 23.4. The average Bonchev–Trinajstić information content (AvgIpc) is 2.99. The molecule has 2 aromatic carbocycles. The molecule has 14 heteroatoms. The number of benzene rings is 2. The second-order valence-electron chi connectivity index (χ2n) is 10.9. The maximum Gasteiger partial charge on any atom is 0.229 e. The zero-order valence-electron chi connectivity index (χ0n) is 23.4. The molecule has 0 bridgehead atoms. The van der Waals surface area contributed by atoms with Crippen molar-refractivity contribution in [2.45, 2.75) is 74.8 Å². The van der Waals surface area contributed by atoms with Crippen molar-refractivity contribution in [1.82, 2.24) is 0 Å². The molecule has 0 aromatic heterocycles. The Kier molecular flexibility index (Phi) is 9.41. The number of phenolic OH excluding ortho intramolecular Hbond substituents is 1. The lowest BCUT2D eigenvalue weighted by Crippen LogP contribution is -2.61. The molecular formula is C29H36O14. The van der Waals surface area contributed by atoms with E-state index in [2.05, 4.69) is 0 Å². The fourth-order valence-corrected chi connectivity index (χ4v) is 5.30.